The summed E-state index contributed by atoms with van der Waals surface area (Å²) in [4.78, 5) is 24.7. The Balaban J connectivity index is 0.000000388. The van der Waals surface area contributed by atoms with Gasteiger partial charge in [0.15, 0.2) is 0 Å². The fourth-order valence-electron chi connectivity index (χ4n) is 0.995. The summed E-state index contributed by atoms with van der Waals surface area (Å²) in [7, 11) is 0. The second-order valence-corrected chi connectivity index (χ2v) is 4.86. The van der Waals surface area contributed by atoms with Gasteiger partial charge in [-0.15, -0.1) is 0 Å². The molecule has 0 saturated heterocycles. The van der Waals surface area contributed by atoms with Gasteiger partial charge in [0.1, 0.15) is 11.9 Å². The van der Waals surface area contributed by atoms with Crippen molar-refractivity contribution in [2.24, 2.45) is 0 Å². The largest absolute Gasteiger partial charge is 0.444 e. The lowest BCUT2D eigenvalue weighted by atomic mass is 10.2. The number of nitrogens with zero attached hydrogens (tertiary/aromatic N) is 1. The van der Waals surface area contributed by atoms with E-state index in [-0.39, 0.29) is 0 Å². The molecule has 1 aromatic rings. The van der Waals surface area contributed by atoms with E-state index in [1.807, 2.05) is 25.1 Å². The monoisotopic (exact) mass is 266 g/mol. The Morgan fingerprint density at radius 3 is 2.47 bits per heavy atom. The van der Waals surface area contributed by atoms with Gasteiger partial charge in [-0.2, -0.15) is 0 Å². The number of hydrogen-bond donors (Lipinski definition) is 1. The van der Waals surface area contributed by atoms with Crippen LogP contribution in [0.3, 0.4) is 0 Å². The molecule has 19 heavy (non-hydrogen) atoms. The zero-order valence-corrected chi connectivity index (χ0v) is 12.0. The number of ether oxygens (including phenoxy) is 1. The second-order valence-electron chi connectivity index (χ2n) is 4.86. The molecule has 0 aliphatic rings. The van der Waals surface area contributed by atoms with E-state index < -0.39 is 11.7 Å². The van der Waals surface area contributed by atoms with E-state index >= 15 is 0 Å². The molecule has 0 atom stereocenters. The molecular weight excluding hydrogens is 244 g/mol. The number of rotatable bonds is 3. The van der Waals surface area contributed by atoms with Crippen LogP contribution >= 0.6 is 0 Å². The van der Waals surface area contributed by atoms with Gasteiger partial charge in [-0.25, -0.2) is 4.79 Å². The van der Waals surface area contributed by atoms with Crippen LogP contribution < -0.4 is 5.32 Å². The fourth-order valence-corrected chi connectivity index (χ4v) is 0.995. The Morgan fingerprint density at radius 1 is 1.42 bits per heavy atom. The maximum atomic E-state index is 10.9. The standard InChI is InChI=1S/C8H15NO3.C6H7N/c1-8(2,3)12-7(11)9-5-4-6-10;1-6-4-2-3-5-7-6/h6H,4-5H2,1-3H3,(H,9,11);2-5H,1H3. The van der Waals surface area contributed by atoms with Crippen molar-refractivity contribution in [1.29, 1.82) is 0 Å². The molecule has 0 aliphatic heterocycles. The van der Waals surface area contributed by atoms with Gasteiger partial charge in [-0.1, -0.05) is 6.07 Å². The van der Waals surface area contributed by atoms with Crippen molar-refractivity contribution in [3.05, 3.63) is 30.1 Å². The number of carbonyl (C=O) groups excluding carboxylic acids is 2. The van der Waals surface area contributed by atoms with Gasteiger partial charge in [0, 0.05) is 24.9 Å². The maximum absolute atomic E-state index is 10.9. The second kappa shape index (κ2) is 9.08. The first-order valence-corrected chi connectivity index (χ1v) is 6.13. The van der Waals surface area contributed by atoms with Gasteiger partial charge in [-0.3, -0.25) is 4.98 Å². The van der Waals surface area contributed by atoms with Crippen LogP contribution in [0.2, 0.25) is 0 Å². The molecule has 0 saturated carbocycles. The number of aldehydes is 1. The molecule has 0 unspecified atom stereocenters. The normalized spacial score (nSPS) is 9.89. The maximum Gasteiger partial charge on any atom is 0.407 e. The average Bonchev–Trinajstić information content (AvgIpc) is 2.29. The molecule has 106 valence electrons. The molecule has 0 radical (unpaired) electrons. The summed E-state index contributed by atoms with van der Waals surface area (Å²) < 4.78 is 4.92. The lowest BCUT2D eigenvalue weighted by molar-refractivity contribution is -0.107. The van der Waals surface area contributed by atoms with Crippen molar-refractivity contribution in [2.45, 2.75) is 39.7 Å². The van der Waals surface area contributed by atoms with E-state index in [2.05, 4.69) is 10.3 Å². The number of alkyl carbamates (subject to hydrolysis) is 1. The minimum absolute atomic E-state index is 0.319. The SMILES string of the molecule is CC(C)(C)OC(=O)NCCC=O.Cc1ccccn1. The van der Waals surface area contributed by atoms with Crippen LogP contribution in [0.1, 0.15) is 32.9 Å². The number of pyridine rings is 1. The third-order valence-electron chi connectivity index (χ3n) is 1.74. The minimum Gasteiger partial charge on any atom is -0.444 e. The Bertz CT molecular complexity index is 372. The van der Waals surface area contributed by atoms with Crippen molar-refractivity contribution >= 4 is 12.4 Å². The first-order chi connectivity index (χ1) is 8.85. The predicted molar refractivity (Wildman–Crippen MR) is 73.9 cm³/mol. The summed E-state index contributed by atoms with van der Waals surface area (Å²) >= 11 is 0. The highest BCUT2D eigenvalue weighted by atomic mass is 16.6. The Labute approximate surface area is 114 Å². The highest BCUT2D eigenvalue weighted by Gasteiger charge is 2.15. The topological polar surface area (TPSA) is 68.3 Å². The van der Waals surface area contributed by atoms with Crippen molar-refractivity contribution in [3.63, 3.8) is 0 Å². The summed E-state index contributed by atoms with van der Waals surface area (Å²) in [6.07, 6.45) is 2.37. The number of hydrogen-bond acceptors (Lipinski definition) is 4. The molecule has 0 aliphatic carbocycles. The van der Waals surface area contributed by atoms with Crippen LogP contribution in [-0.2, 0) is 9.53 Å². The average molecular weight is 266 g/mol. The number of amides is 1. The van der Waals surface area contributed by atoms with Crippen molar-refractivity contribution in [1.82, 2.24) is 10.3 Å². The number of carbonyl (C=O) groups is 2. The molecule has 5 heteroatoms. The molecule has 1 amide bonds. The number of nitrogens with one attached hydrogen (secondary N) is 1. The molecule has 0 fully saturated rings. The fraction of sp³-hybridized carbons (Fsp3) is 0.500. The van der Waals surface area contributed by atoms with Crippen LogP contribution in [0.15, 0.2) is 24.4 Å². The van der Waals surface area contributed by atoms with Gasteiger partial charge in [0.25, 0.3) is 0 Å². The molecule has 5 nitrogen and oxygen atoms in total. The molecule has 1 aromatic heterocycles. The van der Waals surface area contributed by atoms with Crippen LogP contribution in [-0.4, -0.2) is 29.5 Å². The molecule has 1 heterocycles. The first-order valence-electron chi connectivity index (χ1n) is 6.13. The van der Waals surface area contributed by atoms with Crippen LogP contribution in [0.25, 0.3) is 0 Å². The summed E-state index contributed by atoms with van der Waals surface area (Å²) in [5.74, 6) is 0. The molecule has 1 N–H and O–H groups in total. The third kappa shape index (κ3) is 12.3. The van der Waals surface area contributed by atoms with E-state index in [0.29, 0.717) is 13.0 Å². The molecule has 1 rings (SSSR count). The van der Waals surface area contributed by atoms with Gasteiger partial charge >= 0.3 is 6.09 Å². The Kier molecular flexibility index (Phi) is 8.17. The smallest absolute Gasteiger partial charge is 0.407 e. The number of aromatic nitrogens is 1. The van der Waals surface area contributed by atoms with Gasteiger partial charge in [0.05, 0.1) is 0 Å². The third-order valence-corrected chi connectivity index (χ3v) is 1.74. The lowest BCUT2D eigenvalue weighted by Gasteiger charge is -2.19. The summed E-state index contributed by atoms with van der Waals surface area (Å²) in [5.41, 5.74) is 0.591. The summed E-state index contributed by atoms with van der Waals surface area (Å²) in [6.45, 7) is 7.66. The predicted octanol–water partition coefficient (Wildman–Crippen LogP) is 2.49. The highest BCUT2D eigenvalue weighted by Crippen LogP contribution is 2.05. The quantitative estimate of drug-likeness (QED) is 0.674. The van der Waals surface area contributed by atoms with Crippen LogP contribution in [0.5, 0.6) is 0 Å². The Hall–Kier alpha value is -1.91. The zero-order valence-electron chi connectivity index (χ0n) is 12.0. The van der Waals surface area contributed by atoms with Gasteiger partial charge in [-0.05, 0) is 39.8 Å². The van der Waals surface area contributed by atoms with E-state index in [9.17, 15) is 9.59 Å². The van der Waals surface area contributed by atoms with E-state index in [1.54, 1.807) is 27.0 Å². The van der Waals surface area contributed by atoms with Crippen molar-refractivity contribution < 1.29 is 14.3 Å². The zero-order chi connectivity index (χ0) is 14.7. The summed E-state index contributed by atoms with van der Waals surface area (Å²) in [5, 5.41) is 2.45. The van der Waals surface area contributed by atoms with Gasteiger partial charge in [0.2, 0.25) is 0 Å². The first kappa shape index (κ1) is 17.1. The van der Waals surface area contributed by atoms with E-state index in [0.717, 1.165) is 12.0 Å². The van der Waals surface area contributed by atoms with Crippen molar-refractivity contribution in [2.75, 3.05) is 6.54 Å². The summed E-state index contributed by atoms with van der Waals surface area (Å²) in [6, 6.07) is 5.86. The molecular formula is C14H22N2O3. The van der Waals surface area contributed by atoms with E-state index in [4.69, 9.17) is 4.74 Å². The molecule has 0 bridgehead atoms. The molecule has 0 aromatic carbocycles. The number of aryl methyl sites for hydroxylation is 1. The van der Waals surface area contributed by atoms with Crippen LogP contribution in [0, 0.1) is 6.92 Å². The van der Waals surface area contributed by atoms with Crippen molar-refractivity contribution in [3.8, 4) is 0 Å². The molecule has 0 spiro atoms. The van der Waals surface area contributed by atoms with Crippen LogP contribution in [0.4, 0.5) is 4.79 Å². The van der Waals surface area contributed by atoms with Gasteiger partial charge < -0.3 is 14.8 Å². The van der Waals surface area contributed by atoms with E-state index in [1.165, 1.54) is 0 Å². The lowest BCUT2D eigenvalue weighted by Crippen LogP contribution is -2.33. The minimum atomic E-state index is -0.482. The Morgan fingerprint density at radius 2 is 2.11 bits per heavy atom. The highest BCUT2D eigenvalue weighted by molar-refractivity contribution is 5.68.